The van der Waals surface area contributed by atoms with Gasteiger partial charge in [0.25, 0.3) is 0 Å². The number of amides is 1. The number of hydrogen-bond acceptors (Lipinski definition) is 3. The molecule has 5 heteroatoms. The zero-order chi connectivity index (χ0) is 12.8. The van der Waals surface area contributed by atoms with Crippen molar-refractivity contribution in [3.8, 4) is 0 Å². The van der Waals surface area contributed by atoms with Crippen molar-refractivity contribution < 1.29 is 4.79 Å². The van der Waals surface area contributed by atoms with Crippen molar-refractivity contribution in [2.45, 2.75) is 20.4 Å². The summed E-state index contributed by atoms with van der Waals surface area (Å²) < 4.78 is 0.770. The Balaban J connectivity index is 2.62. The van der Waals surface area contributed by atoms with Crippen molar-refractivity contribution in [3.05, 3.63) is 21.3 Å². The van der Waals surface area contributed by atoms with E-state index in [1.54, 1.807) is 0 Å². The number of carbonyl (C=O) groups is 1. The van der Waals surface area contributed by atoms with Crippen LogP contribution in [0, 0.1) is 5.92 Å². The fourth-order valence-electron chi connectivity index (χ4n) is 1.68. The van der Waals surface area contributed by atoms with E-state index in [0.717, 1.165) is 15.8 Å². The molecule has 1 heterocycles. The molecule has 0 spiro atoms. The number of carbonyl (C=O) groups excluding carboxylic acids is 1. The maximum Gasteiger partial charge on any atom is 0.227 e. The molecule has 0 aliphatic heterocycles. The van der Waals surface area contributed by atoms with E-state index in [2.05, 4.69) is 5.32 Å². The topological polar surface area (TPSA) is 32.3 Å². The van der Waals surface area contributed by atoms with Gasteiger partial charge < -0.3 is 10.2 Å². The Kier molecular flexibility index (Phi) is 5.95. The van der Waals surface area contributed by atoms with Crippen molar-refractivity contribution in [2.24, 2.45) is 5.92 Å². The molecule has 1 rings (SSSR count). The lowest BCUT2D eigenvalue weighted by molar-refractivity contribution is -0.135. The summed E-state index contributed by atoms with van der Waals surface area (Å²) in [6.45, 7) is 6.03. The molecule has 0 saturated heterocycles. The Bertz CT molecular complexity index is 367. The second kappa shape index (κ2) is 6.99. The molecular weight excluding hydrogens is 256 g/mol. The first kappa shape index (κ1) is 14.5. The molecule has 96 valence electrons. The van der Waals surface area contributed by atoms with Gasteiger partial charge in [0, 0.05) is 23.9 Å². The van der Waals surface area contributed by atoms with E-state index in [9.17, 15) is 4.79 Å². The molecule has 17 heavy (non-hydrogen) atoms. The zero-order valence-corrected chi connectivity index (χ0v) is 12.1. The Labute approximate surface area is 112 Å². The van der Waals surface area contributed by atoms with Crippen LogP contribution < -0.4 is 5.32 Å². The molecule has 0 radical (unpaired) electrons. The molecule has 1 unspecified atom stereocenters. The Morgan fingerprint density at radius 2 is 2.29 bits per heavy atom. The van der Waals surface area contributed by atoms with Gasteiger partial charge in [-0.2, -0.15) is 0 Å². The lowest BCUT2D eigenvalue weighted by Gasteiger charge is -2.23. The zero-order valence-electron chi connectivity index (χ0n) is 10.5. The predicted octanol–water partition coefficient (Wildman–Crippen LogP) is 2.61. The van der Waals surface area contributed by atoms with Gasteiger partial charge in [0.1, 0.15) is 0 Å². The molecule has 1 aromatic heterocycles. The summed E-state index contributed by atoms with van der Waals surface area (Å²) in [6, 6.07) is 3.85. The second-order valence-electron chi connectivity index (χ2n) is 4.02. The molecule has 1 aromatic rings. The van der Waals surface area contributed by atoms with Crippen LogP contribution in [0.4, 0.5) is 0 Å². The van der Waals surface area contributed by atoms with Gasteiger partial charge >= 0.3 is 0 Å². The fraction of sp³-hybridized carbons (Fsp3) is 0.583. The van der Waals surface area contributed by atoms with Crippen LogP contribution in [-0.2, 0) is 11.3 Å². The van der Waals surface area contributed by atoms with Crippen LogP contribution in [0.5, 0.6) is 0 Å². The summed E-state index contributed by atoms with van der Waals surface area (Å²) in [4.78, 5) is 15.1. The van der Waals surface area contributed by atoms with Crippen LogP contribution in [0.25, 0.3) is 0 Å². The van der Waals surface area contributed by atoms with Gasteiger partial charge in [0.05, 0.1) is 10.9 Å². The van der Waals surface area contributed by atoms with Crippen LogP contribution in [0.2, 0.25) is 4.34 Å². The summed E-state index contributed by atoms with van der Waals surface area (Å²) in [5, 5.41) is 3.03. The average Bonchev–Trinajstić information content (AvgIpc) is 2.71. The molecule has 0 fully saturated rings. The number of hydrogen-bond donors (Lipinski definition) is 1. The molecule has 0 aliphatic rings. The minimum atomic E-state index is 0.00961. The summed E-state index contributed by atoms with van der Waals surface area (Å²) in [5.41, 5.74) is 0. The summed E-state index contributed by atoms with van der Waals surface area (Å²) in [5.74, 6) is 0.196. The summed E-state index contributed by atoms with van der Waals surface area (Å²) >= 11 is 7.41. The van der Waals surface area contributed by atoms with E-state index >= 15 is 0 Å². The highest BCUT2D eigenvalue weighted by atomic mass is 35.5. The number of nitrogens with zero attached hydrogens (tertiary/aromatic N) is 1. The van der Waals surface area contributed by atoms with Gasteiger partial charge in [-0.05, 0) is 26.1 Å². The third-order valence-corrected chi connectivity index (χ3v) is 3.82. The summed E-state index contributed by atoms with van der Waals surface area (Å²) in [6.07, 6.45) is 0. The van der Waals surface area contributed by atoms with Crippen molar-refractivity contribution in [2.75, 3.05) is 20.1 Å². The van der Waals surface area contributed by atoms with Crippen molar-refractivity contribution in [1.29, 1.82) is 0 Å². The van der Waals surface area contributed by atoms with Gasteiger partial charge in [-0.15, -0.1) is 11.3 Å². The van der Waals surface area contributed by atoms with Crippen molar-refractivity contribution in [3.63, 3.8) is 0 Å². The molecule has 0 bridgehead atoms. The predicted molar refractivity (Wildman–Crippen MR) is 73.5 cm³/mol. The molecule has 0 saturated carbocycles. The SMILES string of the molecule is CCN(Cc1ccc(Cl)s1)C(=O)C(C)CNC. The molecule has 1 N–H and O–H groups in total. The van der Waals surface area contributed by atoms with E-state index < -0.39 is 0 Å². The number of thiophene rings is 1. The van der Waals surface area contributed by atoms with E-state index in [0.29, 0.717) is 13.1 Å². The smallest absolute Gasteiger partial charge is 0.227 e. The van der Waals surface area contributed by atoms with Crippen LogP contribution in [0.1, 0.15) is 18.7 Å². The van der Waals surface area contributed by atoms with Crippen molar-refractivity contribution >= 4 is 28.8 Å². The standard InChI is InChI=1S/C12H19ClN2OS/c1-4-15(12(16)9(2)7-14-3)8-10-5-6-11(13)17-10/h5-6,9,14H,4,7-8H2,1-3H3. The molecule has 3 nitrogen and oxygen atoms in total. The molecule has 1 amide bonds. The van der Waals surface area contributed by atoms with E-state index in [1.807, 2.05) is 37.9 Å². The first-order valence-electron chi connectivity index (χ1n) is 5.76. The number of rotatable bonds is 6. The monoisotopic (exact) mass is 274 g/mol. The minimum absolute atomic E-state index is 0.00961. The number of halogens is 1. The fourth-order valence-corrected chi connectivity index (χ4v) is 2.78. The highest BCUT2D eigenvalue weighted by Gasteiger charge is 2.19. The van der Waals surface area contributed by atoms with E-state index in [4.69, 9.17) is 11.6 Å². The van der Waals surface area contributed by atoms with Gasteiger partial charge in [-0.25, -0.2) is 0 Å². The number of nitrogens with one attached hydrogen (secondary N) is 1. The highest BCUT2D eigenvalue weighted by Crippen LogP contribution is 2.23. The molecular formula is C12H19ClN2OS. The Morgan fingerprint density at radius 1 is 1.59 bits per heavy atom. The highest BCUT2D eigenvalue weighted by molar-refractivity contribution is 7.16. The molecule has 0 aromatic carbocycles. The van der Waals surface area contributed by atoms with Crippen LogP contribution in [0.3, 0.4) is 0 Å². The maximum atomic E-state index is 12.1. The second-order valence-corrected chi connectivity index (χ2v) is 5.82. The lowest BCUT2D eigenvalue weighted by Crippen LogP contribution is -2.37. The minimum Gasteiger partial charge on any atom is -0.338 e. The van der Waals surface area contributed by atoms with Gasteiger partial charge in [-0.3, -0.25) is 4.79 Å². The van der Waals surface area contributed by atoms with Gasteiger partial charge in [0.15, 0.2) is 0 Å². The normalized spacial score (nSPS) is 12.5. The molecule has 0 aliphatic carbocycles. The summed E-state index contributed by atoms with van der Waals surface area (Å²) in [7, 11) is 1.86. The third-order valence-electron chi connectivity index (χ3n) is 2.60. The van der Waals surface area contributed by atoms with Gasteiger partial charge in [0.2, 0.25) is 5.91 Å². The van der Waals surface area contributed by atoms with E-state index in [-0.39, 0.29) is 11.8 Å². The Morgan fingerprint density at radius 3 is 2.76 bits per heavy atom. The van der Waals surface area contributed by atoms with E-state index in [1.165, 1.54) is 11.3 Å². The van der Waals surface area contributed by atoms with Crippen LogP contribution >= 0.6 is 22.9 Å². The average molecular weight is 275 g/mol. The lowest BCUT2D eigenvalue weighted by atomic mass is 10.1. The van der Waals surface area contributed by atoms with Crippen LogP contribution in [0.15, 0.2) is 12.1 Å². The molecule has 1 atom stereocenters. The Hall–Kier alpha value is -0.580. The quantitative estimate of drug-likeness (QED) is 0.865. The largest absolute Gasteiger partial charge is 0.338 e. The third kappa shape index (κ3) is 4.30. The van der Waals surface area contributed by atoms with Crippen LogP contribution in [-0.4, -0.2) is 30.9 Å². The first-order valence-corrected chi connectivity index (χ1v) is 6.95. The van der Waals surface area contributed by atoms with Crippen molar-refractivity contribution in [1.82, 2.24) is 10.2 Å². The van der Waals surface area contributed by atoms with Gasteiger partial charge in [-0.1, -0.05) is 18.5 Å². The first-order chi connectivity index (χ1) is 8.08. The maximum absolute atomic E-state index is 12.1.